The van der Waals surface area contributed by atoms with Gasteiger partial charge in [-0.3, -0.25) is 4.79 Å². The molecule has 114 valence electrons. The molecule has 0 saturated carbocycles. The van der Waals surface area contributed by atoms with Gasteiger partial charge in [-0.1, -0.05) is 0 Å². The highest BCUT2D eigenvalue weighted by atomic mass is 16.5. The van der Waals surface area contributed by atoms with E-state index in [9.17, 15) is 4.79 Å². The summed E-state index contributed by atoms with van der Waals surface area (Å²) in [5.41, 5.74) is 3.40. The number of fused-ring (bicyclic) bond motifs is 1. The monoisotopic (exact) mass is 288 g/mol. The predicted molar refractivity (Wildman–Crippen MR) is 85.8 cm³/mol. The van der Waals surface area contributed by atoms with Crippen LogP contribution in [-0.4, -0.2) is 29.5 Å². The maximum atomic E-state index is 11.4. The van der Waals surface area contributed by atoms with Gasteiger partial charge >= 0.3 is 5.97 Å². The highest BCUT2D eigenvalue weighted by Crippen LogP contribution is 2.34. The van der Waals surface area contributed by atoms with Crippen LogP contribution in [0.4, 0.5) is 0 Å². The highest BCUT2D eigenvalue weighted by molar-refractivity contribution is 5.92. The minimum Gasteiger partial charge on any atom is -0.426 e. The Bertz CT molecular complexity index is 669. The quantitative estimate of drug-likeness (QED) is 0.638. The van der Waals surface area contributed by atoms with Crippen molar-refractivity contribution in [1.29, 1.82) is 0 Å². The second kappa shape index (κ2) is 5.90. The van der Waals surface area contributed by atoms with Crippen LogP contribution >= 0.6 is 0 Å². The zero-order chi connectivity index (χ0) is 15.7. The maximum Gasteiger partial charge on any atom is 0.308 e. The molecule has 4 nitrogen and oxygen atoms in total. The molecule has 1 aromatic carbocycles. The molecule has 0 atom stereocenters. The lowest BCUT2D eigenvalue weighted by Crippen LogP contribution is -2.11. The van der Waals surface area contributed by atoms with Crippen LogP contribution in [0.15, 0.2) is 18.3 Å². The third kappa shape index (κ3) is 3.27. The number of ether oxygens (including phenoxy) is 1. The standard InChI is InChI=1S/C17H24N2O2/c1-11(2)19-9-12(3)17-15(19)7-14(10-18(5)6)8-16(17)21-13(4)20/h7-9,11H,10H2,1-6H3. The number of carbonyl (C=O) groups excluding carboxylic acids is 1. The Kier molecular flexibility index (Phi) is 4.37. The minimum atomic E-state index is -0.282. The van der Waals surface area contributed by atoms with E-state index in [2.05, 4.69) is 42.5 Å². The number of carbonyl (C=O) groups is 1. The van der Waals surface area contributed by atoms with Crippen LogP contribution in [0.3, 0.4) is 0 Å². The predicted octanol–water partition coefficient (Wildman–Crippen LogP) is 3.52. The van der Waals surface area contributed by atoms with Crippen molar-refractivity contribution in [3.8, 4) is 5.75 Å². The molecule has 0 fully saturated rings. The van der Waals surface area contributed by atoms with Crippen LogP contribution < -0.4 is 4.74 Å². The fourth-order valence-electron chi connectivity index (χ4n) is 2.72. The summed E-state index contributed by atoms with van der Waals surface area (Å²) in [5, 5.41) is 1.03. The van der Waals surface area contributed by atoms with Crippen molar-refractivity contribution in [1.82, 2.24) is 9.47 Å². The molecule has 0 aliphatic rings. The topological polar surface area (TPSA) is 34.5 Å². The molecule has 4 heteroatoms. The summed E-state index contributed by atoms with van der Waals surface area (Å²) < 4.78 is 7.69. The minimum absolute atomic E-state index is 0.282. The number of hydrogen-bond acceptors (Lipinski definition) is 3. The first kappa shape index (κ1) is 15.6. The number of aromatic nitrogens is 1. The summed E-state index contributed by atoms with van der Waals surface area (Å²) in [5.74, 6) is 0.378. The molecule has 0 saturated heterocycles. The lowest BCUT2D eigenvalue weighted by atomic mass is 10.1. The lowest BCUT2D eigenvalue weighted by Gasteiger charge is -2.15. The highest BCUT2D eigenvalue weighted by Gasteiger charge is 2.16. The Morgan fingerprint density at radius 1 is 1.33 bits per heavy atom. The first-order valence-corrected chi connectivity index (χ1v) is 7.26. The fraction of sp³-hybridized carbons (Fsp3) is 0.471. The summed E-state index contributed by atoms with van der Waals surface area (Å²) in [6.07, 6.45) is 2.13. The van der Waals surface area contributed by atoms with E-state index < -0.39 is 0 Å². The summed E-state index contributed by atoms with van der Waals surface area (Å²) in [4.78, 5) is 13.5. The molecule has 0 N–H and O–H groups in total. The molecule has 2 rings (SSSR count). The Labute approximate surface area is 126 Å². The number of benzene rings is 1. The maximum absolute atomic E-state index is 11.4. The normalized spacial score (nSPS) is 11.6. The van der Waals surface area contributed by atoms with Crippen molar-refractivity contribution in [3.05, 3.63) is 29.5 Å². The largest absolute Gasteiger partial charge is 0.426 e. The molecule has 0 aliphatic carbocycles. The lowest BCUT2D eigenvalue weighted by molar-refractivity contribution is -0.131. The van der Waals surface area contributed by atoms with Crippen molar-refractivity contribution in [3.63, 3.8) is 0 Å². The van der Waals surface area contributed by atoms with Gasteiger partial charge in [0.1, 0.15) is 5.75 Å². The second-order valence-electron chi connectivity index (χ2n) is 6.13. The Morgan fingerprint density at radius 2 is 2.00 bits per heavy atom. The van der Waals surface area contributed by atoms with E-state index >= 15 is 0 Å². The van der Waals surface area contributed by atoms with Crippen molar-refractivity contribution < 1.29 is 9.53 Å². The van der Waals surface area contributed by atoms with Crippen molar-refractivity contribution in [2.75, 3.05) is 14.1 Å². The molecule has 0 aliphatic heterocycles. The van der Waals surface area contributed by atoms with Gasteiger partial charge in [0.05, 0.1) is 5.52 Å². The van der Waals surface area contributed by atoms with Crippen LogP contribution in [-0.2, 0) is 11.3 Å². The van der Waals surface area contributed by atoms with Gasteiger partial charge in [-0.25, -0.2) is 0 Å². The summed E-state index contributed by atoms with van der Waals surface area (Å²) in [6.45, 7) is 8.62. The van der Waals surface area contributed by atoms with Gasteiger partial charge < -0.3 is 14.2 Å². The van der Waals surface area contributed by atoms with Crippen molar-refractivity contribution in [2.24, 2.45) is 0 Å². The molecular weight excluding hydrogens is 264 g/mol. The molecule has 0 unspecified atom stereocenters. The Balaban J connectivity index is 2.69. The van der Waals surface area contributed by atoms with Crippen LogP contribution in [0.2, 0.25) is 0 Å². The average molecular weight is 288 g/mol. The number of esters is 1. The van der Waals surface area contributed by atoms with Crippen LogP contribution in [0, 0.1) is 6.92 Å². The van der Waals surface area contributed by atoms with Crippen LogP contribution in [0.25, 0.3) is 10.9 Å². The first-order chi connectivity index (χ1) is 9.79. The van der Waals surface area contributed by atoms with E-state index in [0.29, 0.717) is 11.8 Å². The van der Waals surface area contributed by atoms with Gasteiger partial charge in [0, 0.05) is 31.1 Å². The summed E-state index contributed by atoms with van der Waals surface area (Å²) in [7, 11) is 4.06. The Morgan fingerprint density at radius 3 is 2.52 bits per heavy atom. The van der Waals surface area contributed by atoms with E-state index in [4.69, 9.17) is 4.74 Å². The van der Waals surface area contributed by atoms with E-state index in [1.165, 1.54) is 6.92 Å². The van der Waals surface area contributed by atoms with Crippen molar-refractivity contribution >= 4 is 16.9 Å². The number of rotatable bonds is 4. The first-order valence-electron chi connectivity index (χ1n) is 7.26. The summed E-state index contributed by atoms with van der Waals surface area (Å²) >= 11 is 0. The van der Waals surface area contributed by atoms with Gasteiger partial charge in [0.2, 0.25) is 0 Å². The molecule has 21 heavy (non-hydrogen) atoms. The zero-order valence-electron chi connectivity index (χ0n) is 13.7. The van der Waals surface area contributed by atoms with E-state index in [1.807, 2.05) is 20.2 Å². The third-order valence-electron chi connectivity index (χ3n) is 3.46. The van der Waals surface area contributed by atoms with Crippen LogP contribution in [0.1, 0.15) is 37.9 Å². The SMILES string of the molecule is CC(=O)Oc1cc(CN(C)C)cc2c1c(C)cn2C(C)C. The van der Waals surface area contributed by atoms with Gasteiger partial charge in [0.15, 0.2) is 0 Å². The smallest absolute Gasteiger partial charge is 0.308 e. The molecule has 1 aromatic heterocycles. The van der Waals surface area contributed by atoms with Gasteiger partial charge in [-0.15, -0.1) is 0 Å². The zero-order valence-corrected chi connectivity index (χ0v) is 13.7. The molecule has 0 bridgehead atoms. The molecule has 0 amide bonds. The molecule has 0 radical (unpaired) electrons. The number of nitrogens with zero attached hydrogens (tertiary/aromatic N) is 2. The van der Waals surface area contributed by atoms with E-state index in [0.717, 1.165) is 28.6 Å². The number of hydrogen-bond donors (Lipinski definition) is 0. The van der Waals surface area contributed by atoms with Gasteiger partial charge in [-0.05, 0) is 58.1 Å². The fourth-order valence-corrected chi connectivity index (χ4v) is 2.72. The molecular formula is C17H24N2O2. The molecule has 2 aromatic rings. The average Bonchev–Trinajstić information content (AvgIpc) is 2.65. The molecule has 0 spiro atoms. The van der Waals surface area contributed by atoms with Crippen LogP contribution in [0.5, 0.6) is 5.75 Å². The Hall–Kier alpha value is -1.81. The van der Waals surface area contributed by atoms with E-state index in [1.54, 1.807) is 0 Å². The third-order valence-corrected chi connectivity index (χ3v) is 3.46. The number of aryl methyl sites for hydroxylation is 1. The van der Waals surface area contributed by atoms with E-state index in [-0.39, 0.29) is 5.97 Å². The second-order valence-corrected chi connectivity index (χ2v) is 6.13. The molecule has 1 heterocycles. The summed E-state index contributed by atoms with van der Waals surface area (Å²) in [6, 6.07) is 4.53. The van der Waals surface area contributed by atoms with Crippen molar-refractivity contribution in [2.45, 2.75) is 40.3 Å². The van der Waals surface area contributed by atoms with Gasteiger partial charge in [0.25, 0.3) is 0 Å². The van der Waals surface area contributed by atoms with Gasteiger partial charge in [-0.2, -0.15) is 0 Å².